The van der Waals surface area contributed by atoms with E-state index >= 15 is 0 Å². The molecule has 0 unspecified atom stereocenters. The smallest absolute Gasteiger partial charge is 0.331 e. The van der Waals surface area contributed by atoms with Crippen LogP contribution < -0.4 is 0 Å². The molecule has 0 aromatic carbocycles. The lowest BCUT2D eigenvalue weighted by molar-refractivity contribution is -0.152. The largest absolute Gasteiger partial charge is 0.478 e. The molecule has 6 nitrogen and oxygen atoms in total. The fraction of sp³-hybridized carbons (Fsp3) is 0.500. The van der Waals surface area contributed by atoms with Gasteiger partial charge in [0.25, 0.3) is 0 Å². The number of aliphatic carboxylic acids is 1. The van der Waals surface area contributed by atoms with Crippen LogP contribution in [-0.4, -0.2) is 36.2 Å². The average Bonchev–Trinajstić information content (AvgIpc) is 2.20. The maximum atomic E-state index is 10.9. The Bertz CT molecular complexity index is 292. The molecule has 6 heteroatoms. The van der Waals surface area contributed by atoms with Crippen molar-refractivity contribution >= 4 is 17.9 Å². The SMILES string of the molecule is CC(C)C(=O)OCCOC(=O)C=CC(=O)O. The minimum absolute atomic E-state index is 0.0380. The highest BCUT2D eigenvalue weighted by atomic mass is 16.6. The van der Waals surface area contributed by atoms with Crippen LogP contribution in [0.5, 0.6) is 0 Å². The van der Waals surface area contributed by atoms with Crippen molar-refractivity contribution in [3.05, 3.63) is 12.2 Å². The van der Waals surface area contributed by atoms with Gasteiger partial charge in [0.2, 0.25) is 0 Å². The summed E-state index contributed by atoms with van der Waals surface area (Å²) in [7, 11) is 0. The van der Waals surface area contributed by atoms with Gasteiger partial charge in [-0.15, -0.1) is 0 Å². The van der Waals surface area contributed by atoms with Gasteiger partial charge >= 0.3 is 17.9 Å². The van der Waals surface area contributed by atoms with Crippen molar-refractivity contribution in [2.24, 2.45) is 5.92 Å². The first-order chi connectivity index (χ1) is 7.43. The Morgan fingerprint density at radius 3 is 2.19 bits per heavy atom. The van der Waals surface area contributed by atoms with E-state index in [0.29, 0.717) is 6.08 Å². The first-order valence-electron chi connectivity index (χ1n) is 4.68. The van der Waals surface area contributed by atoms with E-state index in [4.69, 9.17) is 9.84 Å². The summed E-state index contributed by atoms with van der Waals surface area (Å²) >= 11 is 0. The molecule has 0 rings (SSSR count). The fourth-order valence-electron chi connectivity index (χ4n) is 0.639. The maximum absolute atomic E-state index is 10.9. The quantitative estimate of drug-likeness (QED) is 0.403. The van der Waals surface area contributed by atoms with Crippen LogP contribution in [0.25, 0.3) is 0 Å². The van der Waals surface area contributed by atoms with Gasteiger partial charge in [-0.05, 0) is 0 Å². The molecule has 0 saturated heterocycles. The maximum Gasteiger partial charge on any atom is 0.331 e. The monoisotopic (exact) mass is 230 g/mol. The molecule has 0 aliphatic heterocycles. The fourth-order valence-corrected chi connectivity index (χ4v) is 0.639. The van der Waals surface area contributed by atoms with Gasteiger partial charge in [-0.2, -0.15) is 0 Å². The molecule has 16 heavy (non-hydrogen) atoms. The first-order valence-corrected chi connectivity index (χ1v) is 4.68. The second-order valence-corrected chi connectivity index (χ2v) is 3.16. The number of hydrogen-bond donors (Lipinski definition) is 1. The van der Waals surface area contributed by atoms with Gasteiger partial charge in [-0.25, -0.2) is 9.59 Å². The van der Waals surface area contributed by atoms with Crippen LogP contribution in [0.2, 0.25) is 0 Å². The lowest BCUT2D eigenvalue weighted by Gasteiger charge is -2.06. The Kier molecular flexibility index (Phi) is 6.58. The van der Waals surface area contributed by atoms with Gasteiger partial charge in [0, 0.05) is 12.2 Å². The molecule has 0 saturated carbocycles. The molecular weight excluding hydrogens is 216 g/mol. The molecule has 0 aromatic rings. The van der Waals surface area contributed by atoms with Crippen molar-refractivity contribution in [2.45, 2.75) is 13.8 Å². The standard InChI is InChI=1S/C10H14O6/c1-7(2)10(14)16-6-5-15-9(13)4-3-8(11)12/h3-4,7H,5-6H2,1-2H3,(H,11,12). The van der Waals surface area contributed by atoms with Gasteiger partial charge in [-0.1, -0.05) is 13.8 Å². The summed E-state index contributed by atoms with van der Waals surface area (Å²) < 4.78 is 9.28. The van der Waals surface area contributed by atoms with E-state index in [2.05, 4.69) is 4.74 Å². The zero-order chi connectivity index (χ0) is 12.6. The highest BCUT2D eigenvalue weighted by Crippen LogP contribution is 1.95. The molecule has 0 aliphatic rings. The Morgan fingerprint density at radius 2 is 1.69 bits per heavy atom. The van der Waals surface area contributed by atoms with Crippen LogP contribution in [0.3, 0.4) is 0 Å². The molecular formula is C10H14O6. The molecule has 0 aliphatic carbocycles. The van der Waals surface area contributed by atoms with Crippen molar-refractivity contribution < 1.29 is 29.0 Å². The van der Waals surface area contributed by atoms with E-state index in [1.807, 2.05) is 0 Å². The minimum atomic E-state index is -1.23. The zero-order valence-electron chi connectivity index (χ0n) is 9.13. The number of carbonyl (C=O) groups is 3. The Morgan fingerprint density at radius 1 is 1.12 bits per heavy atom. The first kappa shape index (κ1) is 14.2. The van der Waals surface area contributed by atoms with Crippen molar-refractivity contribution in [1.29, 1.82) is 0 Å². The molecule has 0 spiro atoms. The summed E-state index contributed by atoms with van der Waals surface area (Å²) in [6.07, 6.45) is 1.45. The Balaban J connectivity index is 3.63. The van der Waals surface area contributed by atoms with Crippen LogP contribution >= 0.6 is 0 Å². The highest BCUT2D eigenvalue weighted by Gasteiger charge is 2.07. The summed E-state index contributed by atoms with van der Waals surface area (Å²) in [6, 6.07) is 0. The Labute approximate surface area is 92.8 Å². The van der Waals surface area contributed by atoms with E-state index in [1.165, 1.54) is 0 Å². The zero-order valence-corrected chi connectivity index (χ0v) is 9.13. The molecule has 0 aromatic heterocycles. The van der Waals surface area contributed by atoms with E-state index in [0.717, 1.165) is 6.08 Å². The third-order valence-corrected chi connectivity index (χ3v) is 1.41. The average molecular weight is 230 g/mol. The summed E-state index contributed by atoms with van der Waals surface area (Å²) in [5, 5.41) is 8.20. The number of rotatable bonds is 6. The summed E-state index contributed by atoms with van der Waals surface area (Å²) in [6.45, 7) is 3.23. The number of carboxylic acids is 1. The molecule has 0 atom stereocenters. The predicted octanol–water partition coefficient (Wildman–Crippen LogP) is 0.370. The summed E-state index contributed by atoms with van der Waals surface area (Å²) in [5.41, 5.74) is 0. The topological polar surface area (TPSA) is 89.9 Å². The van der Waals surface area contributed by atoms with Crippen molar-refractivity contribution in [3.8, 4) is 0 Å². The van der Waals surface area contributed by atoms with Crippen LogP contribution in [0.15, 0.2) is 12.2 Å². The van der Waals surface area contributed by atoms with E-state index in [9.17, 15) is 14.4 Å². The molecule has 1 N–H and O–H groups in total. The van der Waals surface area contributed by atoms with Crippen LogP contribution in [-0.2, 0) is 23.9 Å². The van der Waals surface area contributed by atoms with E-state index in [1.54, 1.807) is 13.8 Å². The van der Waals surface area contributed by atoms with Crippen LogP contribution in [0.1, 0.15) is 13.8 Å². The molecule has 0 bridgehead atoms. The lowest BCUT2D eigenvalue weighted by Crippen LogP contribution is -2.16. The highest BCUT2D eigenvalue weighted by molar-refractivity contribution is 5.90. The number of hydrogen-bond acceptors (Lipinski definition) is 5. The van der Waals surface area contributed by atoms with Crippen LogP contribution in [0, 0.1) is 5.92 Å². The second-order valence-electron chi connectivity index (χ2n) is 3.16. The van der Waals surface area contributed by atoms with E-state index in [-0.39, 0.29) is 25.1 Å². The minimum Gasteiger partial charge on any atom is -0.478 e. The summed E-state index contributed by atoms with van der Waals surface area (Å²) in [5.74, 6) is -2.63. The normalized spacial score (nSPS) is 10.4. The van der Waals surface area contributed by atoms with Gasteiger partial charge in [0.05, 0.1) is 5.92 Å². The molecule has 90 valence electrons. The molecule has 0 amide bonds. The van der Waals surface area contributed by atoms with Crippen LogP contribution in [0.4, 0.5) is 0 Å². The predicted molar refractivity (Wildman–Crippen MR) is 53.5 cm³/mol. The second kappa shape index (κ2) is 7.44. The Hall–Kier alpha value is -1.85. The van der Waals surface area contributed by atoms with Crippen molar-refractivity contribution in [3.63, 3.8) is 0 Å². The lowest BCUT2D eigenvalue weighted by atomic mass is 10.2. The molecule has 0 fully saturated rings. The van der Waals surface area contributed by atoms with Gasteiger partial charge < -0.3 is 14.6 Å². The number of carboxylic acid groups (broad SMARTS) is 1. The number of esters is 2. The number of ether oxygens (including phenoxy) is 2. The molecule has 0 radical (unpaired) electrons. The van der Waals surface area contributed by atoms with Gasteiger partial charge in [-0.3, -0.25) is 4.79 Å². The third kappa shape index (κ3) is 7.54. The van der Waals surface area contributed by atoms with E-state index < -0.39 is 11.9 Å². The van der Waals surface area contributed by atoms with Gasteiger partial charge in [0.15, 0.2) is 0 Å². The third-order valence-electron chi connectivity index (χ3n) is 1.41. The van der Waals surface area contributed by atoms with Gasteiger partial charge in [0.1, 0.15) is 13.2 Å². The van der Waals surface area contributed by atoms with Crippen molar-refractivity contribution in [1.82, 2.24) is 0 Å². The molecule has 0 heterocycles. The summed E-state index contributed by atoms with van der Waals surface area (Å²) in [4.78, 5) is 31.8. The van der Waals surface area contributed by atoms with Crippen molar-refractivity contribution in [2.75, 3.05) is 13.2 Å². The number of carbonyl (C=O) groups excluding carboxylic acids is 2.